The molecule has 10 nitrogen and oxygen atoms in total. The molecule has 0 fully saturated rings. The smallest absolute Gasteiger partial charge is 0.251 e. The van der Waals surface area contributed by atoms with Crippen LogP contribution in [0.1, 0.15) is 46.3 Å². The fourth-order valence-corrected chi connectivity index (χ4v) is 3.57. The Balaban J connectivity index is 1.96. The highest BCUT2D eigenvalue weighted by atomic mass is 16.5. The molecular weight excluding hydrogens is 436 g/mol. The number of aromatic nitrogens is 4. The summed E-state index contributed by atoms with van der Waals surface area (Å²) in [5, 5.41) is 15.3. The summed E-state index contributed by atoms with van der Waals surface area (Å²) in [6, 6.07) is 9.92. The van der Waals surface area contributed by atoms with Crippen LogP contribution in [0.25, 0.3) is 11.6 Å². The number of hydrogen-bond acceptors (Lipinski definition) is 7. The topological polar surface area (TPSA) is 115 Å². The maximum atomic E-state index is 13.7. The summed E-state index contributed by atoms with van der Waals surface area (Å²) in [6.07, 6.45) is 1.16. The number of anilines is 1. The SMILES string of the molecule is CCCC(C(=O)NC(C)(C)C)N(C(=O)Cn1nnc(-c2ccc(C)o2)n1)c1ccccc1OC. The van der Waals surface area contributed by atoms with E-state index in [0.29, 0.717) is 30.0 Å². The lowest BCUT2D eigenvalue weighted by atomic mass is 10.0. The van der Waals surface area contributed by atoms with Crippen molar-refractivity contribution in [2.24, 2.45) is 0 Å². The van der Waals surface area contributed by atoms with Crippen LogP contribution in [0.4, 0.5) is 5.69 Å². The second-order valence-electron chi connectivity index (χ2n) is 9.03. The normalized spacial score (nSPS) is 12.3. The van der Waals surface area contributed by atoms with Gasteiger partial charge in [0.15, 0.2) is 5.76 Å². The quantitative estimate of drug-likeness (QED) is 0.512. The molecule has 34 heavy (non-hydrogen) atoms. The zero-order valence-electron chi connectivity index (χ0n) is 20.5. The number of aryl methyl sites for hydroxylation is 1. The third-order valence-corrected chi connectivity index (χ3v) is 4.98. The van der Waals surface area contributed by atoms with Crippen molar-refractivity contribution in [3.63, 3.8) is 0 Å². The number of para-hydroxylation sites is 2. The van der Waals surface area contributed by atoms with Gasteiger partial charge in [0.1, 0.15) is 24.1 Å². The van der Waals surface area contributed by atoms with Crippen LogP contribution in [0, 0.1) is 6.92 Å². The van der Waals surface area contributed by atoms with E-state index in [0.717, 1.165) is 5.76 Å². The van der Waals surface area contributed by atoms with Gasteiger partial charge in [-0.2, -0.15) is 4.80 Å². The van der Waals surface area contributed by atoms with Gasteiger partial charge in [0, 0.05) is 5.54 Å². The largest absolute Gasteiger partial charge is 0.495 e. The van der Waals surface area contributed by atoms with Gasteiger partial charge in [-0.05, 0) is 63.6 Å². The Morgan fingerprint density at radius 2 is 1.94 bits per heavy atom. The Morgan fingerprint density at radius 3 is 2.56 bits per heavy atom. The van der Waals surface area contributed by atoms with Crippen molar-refractivity contribution in [2.75, 3.05) is 12.0 Å². The van der Waals surface area contributed by atoms with Crippen LogP contribution in [0.5, 0.6) is 5.75 Å². The highest BCUT2D eigenvalue weighted by Crippen LogP contribution is 2.31. The molecule has 2 aromatic heterocycles. The minimum atomic E-state index is -0.747. The van der Waals surface area contributed by atoms with Gasteiger partial charge in [0.2, 0.25) is 11.7 Å². The number of nitrogens with zero attached hydrogens (tertiary/aromatic N) is 5. The molecular formula is C24H32N6O4. The molecule has 10 heteroatoms. The molecule has 0 aliphatic carbocycles. The van der Waals surface area contributed by atoms with E-state index in [-0.39, 0.29) is 24.2 Å². The van der Waals surface area contributed by atoms with E-state index in [2.05, 4.69) is 20.7 Å². The number of carbonyl (C=O) groups excluding carboxylic acids is 2. The summed E-state index contributed by atoms with van der Waals surface area (Å²) in [7, 11) is 1.53. The molecule has 3 rings (SSSR count). The summed E-state index contributed by atoms with van der Waals surface area (Å²) >= 11 is 0. The van der Waals surface area contributed by atoms with E-state index < -0.39 is 11.6 Å². The van der Waals surface area contributed by atoms with Gasteiger partial charge in [-0.25, -0.2) is 0 Å². The highest BCUT2D eigenvalue weighted by Gasteiger charge is 2.34. The van der Waals surface area contributed by atoms with Crippen molar-refractivity contribution in [2.45, 2.75) is 65.6 Å². The molecule has 0 aliphatic heterocycles. The Hall–Kier alpha value is -3.69. The van der Waals surface area contributed by atoms with Crippen molar-refractivity contribution < 1.29 is 18.7 Å². The first-order chi connectivity index (χ1) is 16.1. The minimum absolute atomic E-state index is 0.215. The Labute approximate surface area is 199 Å². The first-order valence-electron chi connectivity index (χ1n) is 11.2. The Bertz CT molecular complexity index is 1130. The summed E-state index contributed by atoms with van der Waals surface area (Å²) in [6.45, 7) is 9.28. The van der Waals surface area contributed by atoms with Crippen LogP contribution < -0.4 is 15.0 Å². The van der Waals surface area contributed by atoms with E-state index in [1.165, 1.54) is 16.8 Å². The monoisotopic (exact) mass is 468 g/mol. The van der Waals surface area contributed by atoms with E-state index in [4.69, 9.17) is 9.15 Å². The van der Waals surface area contributed by atoms with E-state index in [9.17, 15) is 9.59 Å². The van der Waals surface area contributed by atoms with Gasteiger partial charge in [-0.15, -0.1) is 10.2 Å². The van der Waals surface area contributed by atoms with Gasteiger partial charge < -0.3 is 14.5 Å². The van der Waals surface area contributed by atoms with E-state index in [1.54, 1.807) is 30.3 Å². The molecule has 2 amide bonds. The predicted molar refractivity (Wildman–Crippen MR) is 127 cm³/mol. The maximum Gasteiger partial charge on any atom is 0.251 e. The maximum absolute atomic E-state index is 13.7. The van der Waals surface area contributed by atoms with Gasteiger partial charge in [-0.3, -0.25) is 14.5 Å². The summed E-state index contributed by atoms with van der Waals surface area (Å²) < 4.78 is 11.1. The summed E-state index contributed by atoms with van der Waals surface area (Å²) in [5.41, 5.74) is 0.0433. The molecule has 182 valence electrons. The van der Waals surface area contributed by atoms with Crippen LogP contribution in [-0.2, 0) is 16.1 Å². The molecule has 3 aromatic rings. The third kappa shape index (κ3) is 6.00. The minimum Gasteiger partial charge on any atom is -0.495 e. The Kier molecular flexibility index (Phi) is 7.70. The van der Waals surface area contributed by atoms with Gasteiger partial charge in [0.25, 0.3) is 5.91 Å². The fourth-order valence-electron chi connectivity index (χ4n) is 3.57. The Morgan fingerprint density at radius 1 is 1.21 bits per heavy atom. The first kappa shape index (κ1) is 24.9. The number of amides is 2. The van der Waals surface area contributed by atoms with Crippen LogP contribution in [0.3, 0.4) is 0 Å². The first-order valence-corrected chi connectivity index (χ1v) is 11.2. The average Bonchev–Trinajstić information content (AvgIpc) is 3.41. The average molecular weight is 469 g/mol. The molecule has 0 saturated heterocycles. The lowest BCUT2D eigenvalue weighted by molar-refractivity contribution is -0.128. The molecule has 0 spiro atoms. The zero-order valence-corrected chi connectivity index (χ0v) is 20.5. The highest BCUT2D eigenvalue weighted by molar-refractivity contribution is 6.01. The predicted octanol–water partition coefficient (Wildman–Crippen LogP) is 3.37. The summed E-state index contributed by atoms with van der Waals surface area (Å²) in [5.74, 6) is 1.33. The van der Waals surface area contributed by atoms with Gasteiger partial charge >= 0.3 is 0 Å². The van der Waals surface area contributed by atoms with Crippen molar-refractivity contribution in [3.05, 3.63) is 42.2 Å². The lowest BCUT2D eigenvalue weighted by Gasteiger charge is -2.34. The molecule has 1 unspecified atom stereocenters. The number of tetrazole rings is 1. The van der Waals surface area contributed by atoms with Gasteiger partial charge in [-0.1, -0.05) is 25.5 Å². The molecule has 1 N–H and O–H groups in total. The molecule has 1 aromatic carbocycles. The second kappa shape index (κ2) is 10.5. The van der Waals surface area contributed by atoms with E-state index >= 15 is 0 Å². The van der Waals surface area contributed by atoms with Crippen LogP contribution in [0.15, 0.2) is 40.8 Å². The molecule has 0 saturated carbocycles. The number of nitrogens with one attached hydrogen (secondary N) is 1. The molecule has 2 heterocycles. The van der Waals surface area contributed by atoms with Crippen LogP contribution >= 0.6 is 0 Å². The zero-order chi connectivity index (χ0) is 24.9. The fraction of sp³-hybridized carbons (Fsp3) is 0.458. The number of furan rings is 1. The third-order valence-electron chi connectivity index (χ3n) is 4.98. The molecule has 0 bridgehead atoms. The van der Waals surface area contributed by atoms with Crippen molar-refractivity contribution in [3.8, 4) is 17.3 Å². The number of methoxy groups -OCH3 is 1. The number of ether oxygens (including phenoxy) is 1. The molecule has 0 radical (unpaired) electrons. The number of hydrogen-bond donors (Lipinski definition) is 1. The lowest BCUT2D eigenvalue weighted by Crippen LogP contribution is -2.54. The summed E-state index contributed by atoms with van der Waals surface area (Å²) in [4.78, 5) is 29.6. The number of carbonyl (C=O) groups is 2. The van der Waals surface area contributed by atoms with Crippen molar-refractivity contribution in [1.82, 2.24) is 25.5 Å². The van der Waals surface area contributed by atoms with Crippen molar-refractivity contribution in [1.29, 1.82) is 0 Å². The van der Waals surface area contributed by atoms with E-state index in [1.807, 2.05) is 40.7 Å². The van der Waals surface area contributed by atoms with Gasteiger partial charge in [0.05, 0.1) is 12.8 Å². The molecule has 0 aliphatic rings. The standard InChI is InChI=1S/C24H32N6O4/c1-7-10-18(23(32)25-24(3,4)5)30(17-11-8-9-12-19(17)33-6)21(31)15-29-27-22(26-28-29)20-14-13-16(2)34-20/h8-9,11-14,18H,7,10,15H2,1-6H3,(H,25,32). The number of benzene rings is 1. The van der Waals surface area contributed by atoms with Crippen LogP contribution in [0.2, 0.25) is 0 Å². The van der Waals surface area contributed by atoms with Crippen LogP contribution in [-0.4, -0.2) is 50.7 Å². The number of rotatable bonds is 9. The second-order valence-corrected chi connectivity index (χ2v) is 9.03. The van der Waals surface area contributed by atoms with Crippen molar-refractivity contribution >= 4 is 17.5 Å². The molecule has 1 atom stereocenters.